The molecule has 0 bridgehead atoms. The molecule has 0 spiro atoms. The molecule has 0 aromatic heterocycles. The standard InChI is InChI=1S/C14H18O/c1-3-11(2)14(15)10-6-8-12-7-4-5-9-13(12)14/h3-5,7,9,11,15H,1,6,8,10H2,2H3/t11-,14+/m1/s1. The molecule has 80 valence electrons. The summed E-state index contributed by atoms with van der Waals surface area (Å²) in [7, 11) is 0. The zero-order valence-corrected chi connectivity index (χ0v) is 9.24. The number of fused-ring (bicyclic) bond motifs is 1. The van der Waals surface area contributed by atoms with E-state index in [9.17, 15) is 5.11 Å². The van der Waals surface area contributed by atoms with Gasteiger partial charge in [-0.15, -0.1) is 6.58 Å². The lowest BCUT2D eigenvalue weighted by atomic mass is 9.72. The van der Waals surface area contributed by atoms with Crippen molar-refractivity contribution in [2.75, 3.05) is 0 Å². The van der Waals surface area contributed by atoms with Crippen molar-refractivity contribution >= 4 is 0 Å². The molecular formula is C14H18O. The van der Waals surface area contributed by atoms with E-state index >= 15 is 0 Å². The zero-order chi connectivity index (χ0) is 10.9. The Kier molecular flexibility index (Phi) is 2.66. The second-order valence-corrected chi connectivity index (χ2v) is 4.46. The molecule has 2 atom stereocenters. The molecule has 0 amide bonds. The van der Waals surface area contributed by atoms with E-state index in [-0.39, 0.29) is 5.92 Å². The number of aryl methyl sites for hydroxylation is 1. The molecule has 0 aliphatic heterocycles. The van der Waals surface area contributed by atoms with E-state index in [1.165, 1.54) is 5.56 Å². The highest BCUT2D eigenvalue weighted by atomic mass is 16.3. The average molecular weight is 202 g/mol. The fourth-order valence-electron chi connectivity index (χ4n) is 2.51. The molecule has 2 rings (SSSR count). The van der Waals surface area contributed by atoms with Gasteiger partial charge in [-0.25, -0.2) is 0 Å². The third-order valence-electron chi connectivity index (χ3n) is 3.59. The van der Waals surface area contributed by atoms with Crippen LogP contribution in [-0.2, 0) is 12.0 Å². The van der Waals surface area contributed by atoms with E-state index in [1.54, 1.807) is 0 Å². The van der Waals surface area contributed by atoms with Crippen molar-refractivity contribution in [1.82, 2.24) is 0 Å². The Bertz CT molecular complexity index is 369. The minimum absolute atomic E-state index is 0.110. The minimum Gasteiger partial charge on any atom is -0.385 e. The van der Waals surface area contributed by atoms with Gasteiger partial charge in [0.1, 0.15) is 0 Å². The van der Waals surface area contributed by atoms with Gasteiger partial charge in [-0.05, 0) is 30.4 Å². The Hall–Kier alpha value is -1.08. The van der Waals surface area contributed by atoms with Crippen molar-refractivity contribution < 1.29 is 5.11 Å². The summed E-state index contributed by atoms with van der Waals surface area (Å²) >= 11 is 0. The zero-order valence-electron chi connectivity index (χ0n) is 9.24. The predicted octanol–water partition coefficient (Wildman–Crippen LogP) is 3.03. The highest BCUT2D eigenvalue weighted by molar-refractivity contribution is 5.35. The van der Waals surface area contributed by atoms with Crippen LogP contribution >= 0.6 is 0 Å². The van der Waals surface area contributed by atoms with Crippen LogP contribution in [0.1, 0.15) is 30.9 Å². The first-order chi connectivity index (χ1) is 7.18. The Balaban J connectivity index is 2.49. The van der Waals surface area contributed by atoms with Crippen molar-refractivity contribution in [3.05, 3.63) is 48.0 Å². The van der Waals surface area contributed by atoms with Gasteiger partial charge in [-0.1, -0.05) is 37.3 Å². The SMILES string of the molecule is C=C[C@@H](C)[C@@]1(O)CCCc2ccccc21. The van der Waals surface area contributed by atoms with Crippen molar-refractivity contribution in [1.29, 1.82) is 0 Å². The molecule has 1 aliphatic carbocycles. The summed E-state index contributed by atoms with van der Waals surface area (Å²) in [6.45, 7) is 5.83. The van der Waals surface area contributed by atoms with Crippen LogP contribution in [0.3, 0.4) is 0 Å². The average Bonchev–Trinajstić information content (AvgIpc) is 2.28. The summed E-state index contributed by atoms with van der Waals surface area (Å²) in [6, 6.07) is 8.22. The van der Waals surface area contributed by atoms with E-state index in [4.69, 9.17) is 0 Å². The molecule has 1 nitrogen and oxygen atoms in total. The van der Waals surface area contributed by atoms with Crippen molar-refractivity contribution in [2.24, 2.45) is 5.92 Å². The molecule has 1 aromatic rings. The molecule has 0 saturated carbocycles. The van der Waals surface area contributed by atoms with Crippen LogP contribution in [0.25, 0.3) is 0 Å². The van der Waals surface area contributed by atoms with Crippen LogP contribution in [0.4, 0.5) is 0 Å². The van der Waals surface area contributed by atoms with E-state index in [0.717, 1.165) is 24.8 Å². The molecule has 0 radical (unpaired) electrons. The first-order valence-electron chi connectivity index (χ1n) is 5.62. The molecule has 0 saturated heterocycles. The lowest BCUT2D eigenvalue weighted by Crippen LogP contribution is -2.36. The number of rotatable bonds is 2. The van der Waals surface area contributed by atoms with Crippen LogP contribution in [0.15, 0.2) is 36.9 Å². The van der Waals surface area contributed by atoms with Crippen LogP contribution in [0.5, 0.6) is 0 Å². The summed E-state index contributed by atoms with van der Waals surface area (Å²) in [4.78, 5) is 0. The lowest BCUT2D eigenvalue weighted by molar-refractivity contribution is -0.0155. The van der Waals surface area contributed by atoms with Gasteiger partial charge in [0.25, 0.3) is 0 Å². The van der Waals surface area contributed by atoms with Crippen molar-refractivity contribution in [3.8, 4) is 0 Å². The summed E-state index contributed by atoms with van der Waals surface area (Å²) in [5.41, 5.74) is 1.69. The van der Waals surface area contributed by atoms with Gasteiger partial charge in [0.15, 0.2) is 0 Å². The Morgan fingerprint density at radius 2 is 2.20 bits per heavy atom. The van der Waals surface area contributed by atoms with Gasteiger partial charge >= 0.3 is 0 Å². The summed E-state index contributed by atoms with van der Waals surface area (Å²) in [5, 5.41) is 10.7. The second kappa shape index (κ2) is 3.82. The van der Waals surface area contributed by atoms with Gasteiger partial charge in [0.05, 0.1) is 5.60 Å². The summed E-state index contributed by atoms with van der Waals surface area (Å²) < 4.78 is 0. The van der Waals surface area contributed by atoms with E-state index in [2.05, 4.69) is 18.7 Å². The van der Waals surface area contributed by atoms with Gasteiger partial charge in [0, 0.05) is 5.92 Å². The van der Waals surface area contributed by atoms with Crippen LogP contribution in [-0.4, -0.2) is 5.11 Å². The number of benzene rings is 1. The van der Waals surface area contributed by atoms with Gasteiger partial charge in [-0.3, -0.25) is 0 Å². The van der Waals surface area contributed by atoms with E-state index in [0.29, 0.717) is 0 Å². The number of hydrogen-bond acceptors (Lipinski definition) is 1. The smallest absolute Gasteiger partial charge is 0.0958 e. The number of hydrogen-bond donors (Lipinski definition) is 1. The maximum atomic E-state index is 10.7. The van der Waals surface area contributed by atoms with Gasteiger partial charge in [0.2, 0.25) is 0 Å². The monoisotopic (exact) mass is 202 g/mol. The first kappa shape index (κ1) is 10.4. The molecular weight excluding hydrogens is 184 g/mol. The fraction of sp³-hybridized carbons (Fsp3) is 0.429. The molecule has 0 heterocycles. The molecule has 1 aliphatic rings. The van der Waals surface area contributed by atoms with Crippen molar-refractivity contribution in [2.45, 2.75) is 31.8 Å². The first-order valence-corrected chi connectivity index (χ1v) is 5.62. The highest BCUT2D eigenvalue weighted by Gasteiger charge is 2.37. The van der Waals surface area contributed by atoms with Crippen LogP contribution < -0.4 is 0 Å². The maximum absolute atomic E-state index is 10.7. The summed E-state index contributed by atoms with van der Waals surface area (Å²) in [5.74, 6) is 0.110. The molecule has 1 heteroatoms. The second-order valence-electron chi connectivity index (χ2n) is 4.46. The van der Waals surface area contributed by atoms with Crippen LogP contribution in [0.2, 0.25) is 0 Å². The molecule has 1 aromatic carbocycles. The van der Waals surface area contributed by atoms with Gasteiger partial charge < -0.3 is 5.11 Å². The lowest BCUT2D eigenvalue weighted by Gasteiger charge is -2.38. The molecule has 0 fully saturated rings. The van der Waals surface area contributed by atoms with E-state index in [1.807, 2.05) is 25.1 Å². The molecule has 0 unspecified atom stereocenters. The number of aliphatic hydroxyl groups is 1. The predicted molar refractivity (Wildman–Crippen MR) is 62.6 cm³/mol. The third kappa shape index (κ3) is 1.61. The molecule has 1 N–H and O–H groups in total. The Morgan fingerprint density at radius 1 is 1.47 bits per heavy atom. The minimum atomic E-state index is -0.698. The van der Waals surface area contributed by atoms with Gasteiger partial charge in [-0.2, -0.15) is 0 Å². The van der Waals surface area contributed by atoms with Crippen molar-refractivity contribution in [3.63, 3.8) is 0 Å². The quantitative estimate of drug-likeness (QED) is 0.731. The maximum Gasteiger partial charge on any atom is 0.0958 e. The Morgan fingerprint density at radius 3 is 2.93 bits per heavy atom. The summed E-state index contributed by atoms with van der Waals surface area (Å²) in [6.07, 6.45) is 4.84. The highest BCUT2D eigenvalue weighted by Crippen LogP contribution is 2.40. The molecule has 15 heavy (non-hydrogen) atoms. The topological polar surface area (TPSA) is 20.2 Å². The fourth-order valence-corrected chi connectivity index (χ4v) is 2.51. The Labute approximate surface area is 91.4 Å². The third-order valence-corrected chi connectivity index (χ3v) is 3.59. The van der Waals surface area contributed by atoms with Crippen LogP contribution in [0, 0.1) is 5.92 Å². The van der Waals surface area contributed by atoms with E-state index < -0.39 is 5.60 Å². The largest absolute Gasteiger partial charge is 0.385 e. The normalized spacial score (nSPS) is 26.8.